The van der Waals surface area contributed by atoms with Crippen molar-refractivity contribution in [1.82, 2.24) is 0 Å². The molecule has 0 radical (unpaired) electrons. The van der Waals surface area contributed by atoms with Crippen LogP contribution in [0.1, 0.15) is 55.8 Å². The number of benzene rings is 2. The highest BCUT2D eigenvalue weighted by Crippen LogP contribution is 2.36. The minimum atomic E-state index is 0.460. The first-order valence-electron chi connectivity index (χ1n) is 7.55. The fourth-order valence-corrected chi connectivity index (χ4v) is 3.84. The Balaban J connectivity index is 2.06. The van der Waals surface area contributed by atoms with Gasteiger partial charge in [0.15, 0.2) is 0 Å². The Morgan fingerprint density at radius 1 is 0.900 bits per heavy atom. The second-order valence-corrected chi connectivity index (χ2v) is 7.31. The lowest BCUT2D eigenvalue weighted by atomic mass is 9.99. The third-order valence-corrected chi connectivity index (χ3v) is 5.45. The average molecular weight is 398 g/mol. The van der Waals surface area contributed by atoms with Crippen molar-refractivity contribution in [2.75, 3.05) is 0 Å². The molecule has 0 spiro atoms. The van der Waals surface area contributed by atoms with Crippen LogP contribution < -0.4 is 0 Å². The summed E-state index contributed by atoms with van der Waals surface area (Å²) < 4.78 is 1.18. The molecule has 2 aromatic rings. The van der Waals surface area contributed by atoms with E-state index in [4.69, 9.17) is 0 Å². The predicted molar refractivity (Wildman–Crippen MR) is 96.7 cm³/mol. The lowest BCUT2D eigenvalue weighted by Crippen LogP contribution is -1.93. The standard InChI is InChI=1S/C18H22Br2/c1-2-3-4-5-6-11-17(19)16-12-13-18(20)15-10-8-7-9-14(15)16/h7-10,12-13,17H,2-6,11H2,1H3. The maximum atomic E-state index is 3.89. The lowest BCUT2D eigenvalue weighted by Gasteiger charge is -2.14. The third-order valence-electron chi connectivity index (χ3n) is 3.80. The zero-order valence-electron chi connectivity index (χ0n) is 12.0. The Hall–Kier alpha value is -0.340. The van der Waals surface area contributed by atoms with Crippen molar-refractivity contribution in [3.05, 3.63) is 46.4 Å². The summed E-state index contributed by atoms with van der Waals surface area (Å²) in [5.74, 6) is 0. The summed E-state index contributed by atoms with van der Waals surface area (Å²) in [5.41, 5.74) is 1.42. The molecule has 0 heterocycles. The van der Waals surface area contributed by atoms with Gasteiger partial charge in [-0.15, -0.1) is 0 Å². The van der Waals surface area contributed by atoms with Gasteiger partial charge < -0.3 is 0 Å². The van der Waals surface area contributed by atoms with E-state index in [9.17, 15) is 0 Å². The van der Waals surface area contributed by atoms with Gasteiger partial charge in [-0.1, -0.05) is 101 Å². The summed E-state index contributed by atoms with van der Waals surface area (Å²) in [6.45, 7) is 2.27. The molecule has 0 aliphatic heterocycles. The monoisotopic (exact) mass is 396 g/mol. The molecule has 108 valence electrons. The highest BCUT2D eigenvalue weighted by atomic mass is 79.9. The van der Waals surface area contributed by atoms with Gasteiger partial charge in [0, 0.05) is 9.30 Å². The molecule has 1 atom stereocenters. The first-order valence-corrected chi connectivity index (χ1v) is 9.26. The summed E-state index contributed by atoms with van der Waals surface area (Å²) in [6.07, 6.45) is 7.93. The molecule has 0 saturated heterocycles. The van der Waals surface area contributed by atoms with Gasteiger partial charge in [-0.2, -0.15) is 0 Å². The van der Waals surface area contributed by atoms with Crippen LogP contribution in [0.15, 0.2) is 40.9 Å². The zero-order valence-corrected chi connectivity index (χ0v) is 15.2. The Bertz CT molecular complexity index is 548. The van der Waals surface area contributed by atoms with E-state index in [0.29, 0.717) is 4.83 Å². The topological polar surface area (TPSA) is 0 Å². The van der Waals surface area contributed by atoms with Crippen LogP contribution in [-0.2, 0) is 0 Å². The van der Waals surface area contributed by atoms with Gasteiger partial charge in [0.25, 0.3) is 0 Å². The van der Waals surface area contributed by atoms with E-state index < -0.39 is 0 Å². The van der Waals surface area contributed by atoms with E-state index in [1.807, 2.05) is 0 Å². The van der Waals surface area contributed by atoms with E-state index in [0.717, 1.165) is 0 Å². The zero-order chi connectivity index (χ0) is 14.4. The van der Waals surface area contributed by atoms with Crippen molar-refractivity contribution < 1.29 is 0 Å². The molecule has 0 aromatic heterocycles. The summed E-state index contributed by atoms with van der Waals surface area (Å²) in [7, 11) is 0. The number of hydrogen-bond acceptors (Lipinski definition) is 0. The molecule has 2 aromatic carbocycles. The first kappa shape index (κ1) is 16.0. The quantitative estimate of drug-likeness (QED) is 0.337. The lowest BCUT2D eigenvalue weighted by molar-refractivity contribution is 0.607. The van der Waals surface area contributed by atoms with Gasteiger partial charge in [-0.25, -0.2) is 0 Å². The van der Waals surface area contributed by atoms with E-state index in [1.165, 1.54) is 59.3 Å². The molecule has 0 amide bonds. The molecule has 0 aliphatic carbocycles. The smallest absolute Gasteiger partial charge is 0.0401 e. The SMILES string of the molecule is CCCCCCCC(Br)c1ccc(Br)c2ccccc12. The van der Waals surface area contributed by atoms with Gasteiger partial charge in [-0.3, -0.25) is 0 Å². The molecule has 2 rings (SSSR count). The van der Waals surface area contributed by atoms with E-state index in [2.05, 4.69) is 75.2 Å². The van der Waals surface area contributed by atoms with Crippen LogP contribution in [0.4, 0.5) is 0 Å². The van der Waals surface area contributed by atoms with Crippen LogP contribution in [0, 0.1) is 0 Å². The Morgan fingerprint density at radius 2 is 1.60 bits per heavy atom. The molecule has 1 unspecified atom stereocenters. The normalized spacial score (nSPS) is 12.8. The van der Waals surface area contributed by atoms with Crippen LogP contribution in [0.2, 0.25) is 0 Å². The van der Waals surface area contributed by atoms with Crippen molar-refractivity contribution in [3.63, 3.8) is 0 Å². The fourth-order valence-electron chi connectivity index (χ4n) is 2.64. The third kappa shape index (κ3) is 4.08. The van der Waals surface area contributed by atoms with Crippen molar-refractivity contribution >= 4 is 42.6 Å². The van der Waals surface area contributed by atoms with E-state index >= 15 is 0 Å². The van der Waals surface area contributed by atoms with Gasteiger partial charge >= 0.3 is 0 Å². The summed E-state index contributed by atoms with van der Waals surface area (Å²) >= 11 is 7.53. The molecular weight excluding hydrogens is 376 g/mol. The molecular formula is C18H22Br2. The van der Waals surface area contributed by atoms with Crippen molar-refractivity contribution in [2.24, 2.45) is 0 Å². The maximum absolute atomic E-state index is 3.89. The van der Waals surface area contributed by atoms with Gasteiger partial charge in [0.2, 0.25) is 0 Å². The van der Waals surface area contributed by atoms with Crippen LogP contribution in [0.5, 0.6) is 0 Å². The summed E-state index contributed by atoms with van der Waals surface area (Å²) in [5, 5.41) is 2.66. The number of alkyl halides is 1. The molecule has 20 heavy (non-hydrogen) atoms. The summed E-state index contributed by atoms with van der Waals surface area (Å²) in [4.78, 5) is 0.460. The maximum Gasteiger partial charge on any atom is 0.0401 e. The number of hydrogen-bond donors (Lipinski definition) is 0. The van der Waals surface area contributed by atoms with Crippen LogP contribution in [0.3, 0.4) is 0 Å². The van der Waals surface area contributed by atoms with E-state index in [-0.39, 0.29) is 0 Å². The largest absolute Gasteiger partial charge is 0.0839 e. The van der Waals surface area contributed by atoms with E-state index in [1.54, 1.807) is 0 Å². The fraction of sp³-hybridized carbons (Fsp3) is 0.444. The highest BCUT2D eigenvalue weighted by Gasteiger charge is 2.12. The average Bonchev–Trinajstić information content (AvgIpc) is 2.47. The number of fused-ring (bicyclic) bond motifs is 1. The molecule has 0 fully saturated rings. The minimum Gasteiger partial charge on any atom is -0.0839 e. The predicted octanol–water partition coefficient (Wildman–Crippen LogP) is 7.40. The first-order chi connectivity index (χ1) is 9.74. The number of unbranched alkanes of at least 4 members (excludes halogenated alkanes) is 4. The number of rotatable bonds is 7. The second-order valence-electron chi connectivity index (χ2n) is 5.35. The van der Waals surface area contributed by atoms with Gasteiger partial charge in [0.05, 0.1) is 0 Å². The molecule has 0 bridgehead atoms. The molecule has 0 nitrogen and oxygen atoms in total. The summed E-state index contributed by atoms with van der Waals surface area (Å²) in [6, 6.07) is 13.1. The van der Waals surface area contributed by atoms with Crippen molar-refractivity contribution in [2.45, 2.75) is 50.3 Å². The Kier molecular flexibility index (Phi) is 6.57. The molecule has 0 N–H and O–H groups in total. The molecule has 0 saturated carbocycles. The highest BCUT2D eigenvalue weighted by molar-refractivity contribution is 9.10. The van der Waals surface area contributed by atoms with Crippen molar-refractivity contribution in [1.29, 1.82) is 0 Å². The van der Waals surface area contributed by atoms with Gasteiger partial charge in [0.1, 0.15) is 0 Å². The Morgan fingerprint density at radius 3 is 2.35 bits per heavy atom. The second kappa shape index (κ2) is 8.19. The molecule has 0 aliphatic rings. The van der Waals surface area contributed by atoms with Crippen LogP contribution in [-0.4, -0.2) is 0 Å². The van der Waals surface area contributed by atoms with Gasteiger partial charge in [-0.05, 0) is 28.8 Å². The molecule has 2 heteroatoms. The van der Waals surface area contributed by atoms with Crippen molar-refractivity contribution in [3.8, 4) is 0 Å². The minimum absolute atomic E-state index is 0.460. The Labute approximate surface area is 139 Å². The number of halogens is 2. The van der Waals surface area contributed by atoms with Crippen LogP contribution in [0.25, 0.3) is 10.8 Å². The van der Waals surface area contributed by atoms with Crippen LogP contribution >= 0.6 is 31.9 Å².